The number of nitrogens with one attached hydrogen (secondary N) is 3. The van der Waals surface area contributed by atoms with Crippen molar-refractivity contribution in [2.45, 2.75) is 69.5 Å². The summed E-state index contributed by atoms with van der Waals surface area (Å²) in [5.74, 6) is 0.357. The molecule has 94 heavy (non-hydrogen) atoms. The highest BCUT2D eigenvalue weighted by Crippen LogP contribution is 2.50. The van der Waals surface area contributed by atoms with Crippen LogP contribution >= 0.6 is 23.5 Å². The van der Waals surface area contributed by atoms with E-state index in [1.54, 1.807) is 97.1 Å². The Kier molecular flexibility index (Phi) is 24.7. The number of nitrogens with zero attached hydrogens (tertiary/aromatic N) is 5. The number of aliphatic hydroxyl groups is 2. The maximum Gasteiger partial charge on any atom is 0.472 e. The topological polar surface area (TPSA) is 427 Å². The second-order valence-electron chi connectivity index (χ2n) is 21.2. The molecule has 4 aromatic carbocycles. The first-order chi connectivity index (χ1) is 45.1. The molecule has 7 aromatic rings. The van der Waals surface area contributed by atoms with Gasteiger partial charge in [0.2, 0.25) is 0 Å². The van der Waals surface area contributed by atoms with Crippen LogP contribution in [0.4, 0.5) is 5.82 Å². The predicted octanol–water partition coefficient (Wildman–Crippen LogP) is 5.70. The number of hydrogen-bond acceptors (Lipinski definition) is 23. The number of nitrogens with two attached hydrogens (primary N) is 1. The minimum absolute atomic E-state index is 0.00826. The standard InChI is InChI=1S/C60H70N9O22P3/c1-39-34-68(60(75)67-57(39)72)52-32-48(71)50(89-52)35-87-93(78,79)85-30-28-82-46-20-12-42(13-21-46)6-7-43-14-22-47(23-15-43)83-29-31-86-94(80,81)91-49-33-53(69-38-66-54-55(61)64-37-65-56(54)69)90-51(49)36-88-92(76,77)84-27-3-25-63-59(74)45-18-10-41(11-19-45)5-4-40-8-16-44(17-9-40)58(73)62-24-2-26-70/h4-23,34,37-38,48-53,70-71H,2-3,24-33,35-36H2,1H3,(H,62,73)(H,63,74)(H,76,77)(H,78,79)(H,80,81)(H2,61,64,65)(H,67,72,75)/b5-4+,7-6+/t48-,49-,50+,51+,52+,53+/m0/s1. The monoisotopic (exact) mass is 1360 g/mol. The average Bonchev–Trinajstić information content (AvgIpc) is 1.65. The number of H-pyrrole nitrogens is 1. The number of phosphoric acid groups is 3. The summed E-state index contributed by atoms with van der Waals surface area (Å²) in [5, 5.41) is 24.8. The van der Waals surface area contributed by atoms with Crippen LogP contribution in [0, 0.1) is 6.92 Å². The normalized spacial score (nSPS) is 20.1. The van der Waals surface area contributed by atoms with E-state index >= 15 is 0 Å². The first-order valence-corrected chi connectivity index (χ1v) is 33.9. The summed E-state index contributed by atoms with van der Waals surface area (Å²) in [6, 6.07) is 27.7. The molecule has 2 aliphatic rings. The van der Waals surface area contributed by atoms with Crippen LogP contribution in [0.2, 0.25) is 0 Å². The fourth-order valence-electron chi connectivity index (χ4n) is 9.45. The van der Waals surface area contributed by atoms with Crippen LogP contribution in [0.5, 0.6) is 11.5 Å². The Hall–Kier alpha value is -7.90. The van der Waals surface area contributed by atoms with Crippen molar-refractivity contribution < 1.29 is 94.3 Å². The fourth-order valence-corrected chi connectivity index (χ4v) is 11.9. The minimum Gasteiger partial charge on any atom is -0.491 e. The number of amides is 2. The molecular formula is C60H70N9O22P3. The molecule has 0 radical (unpaired) electrons. The summed E-state index contributed by atoms with van der Waals surface area (Å²) in [5.41, 5.74) is 9.69. The number of phosphoric ester groups is 3. The van der Waals surface area contributed by atoms with E-state index in [0.29, 0.717) is 35.6 Å². The SMILES string of the molecule is Cc1cn([C@H]2C[C@H](O)[C@@H](COP(=O)(O)OCCOc3ccc(/C=C/c4ccc(OCCOP(=O)(O)O[C@H]5C[C@H](n6cnc7c(N)ncnc76)O[C@@H]5COP(=O)(O)OCCCNC(=O)c5ccc(/C=C/c6ccc(C(=O)NCCCO)cc6)cc5)cc4)cc3)O2)c(=O)[nH]c1=O. The molecule has 0 saturated carbocycles. The fraction of sp³-hybridized carbons (Fsp3) is 0.350. The Morgan fingerprint density at radius 3 is 1.68 bits per heavy atom. The molecule has 9 rings (SSSR count). The van der Waals surface area contributed by atoms with Gasteiger partial charge >= 0.3 is 29.2 Å². The van der Waals surface area contributed by atoms with Gasteiger partial charge in [-0.2, -0.15) is 0 Å². The molecule has 2 aliphatic heterocycles. The third kappa shape index (κ3) is 20.6. The lowest BCUT2D eigenvalue weighted by Gasteiger charge is -2.22. The summed E-state index contributed by atoms with van der Waals surface area (Å²) < 4.78 is 96.1. The summed E-state index contributed by atoms with van der Waals surface area (Å²) in [6.07, 6.45) is 5.21. The van der Waals surface area contributed by atoms with Gasteiger partial charge in [0.25, 0.3) is 17.4 Å². The molecule has 2 saturated heterocycles. The highest BCUT2D eigenvalue weighted by molar-refractivity contribution is 7.48. The van der Waals surface area contributed by atoms with Gasteiger partial charge in [-0.05, 0) is 90.6 Å². The quantitative estimate of drug-likeness (QED) is 0.0133. The van der Waals surface area contributed by atoms with Gasteiger partial charge in [-0.15, -0.1) is 0 Å². The largest absolute Gasteiger partial charge is 0.491 e. The van der Waals surface area contributed by atoms with Gasteiger partial charge in [-0.1, -0.05) is 72.8 Å². The van der Waals surface area contributed by atoms with Crippen molar-refractivity contribution in [2.24, 2.45) is 0 Å². The Morgan fingerprint density at radius 1 is 0.638 bits per heavy atom. The molecule has 0 spiro atoms. The lowest BCUT2D eigenvalue weighted by Crippen LogP contribution is -2.33. The van der Waals surface area contributed by atoms with Crippen molar-refractivity contribution in [2.75, 3.05) is 71.7 Å². The van der Waals surface area contributed by atoms with E-state index in [2.05, 4.69) is 30.6 Å². The van der Waals surface area contributed by atoms with E-state index in [4.69, 9.17) is 56.9 Å². The van der Waals surface area contributed by atoms with Crippen molar-refractivity contribution in [3.63, 3.8) is 0 Å². The predicted molar refractivity (Wildman–Crippen MR) is 339 cm³/mol. The third-order valence-electron chi connectivity index (χ3n) is 14.3. The second-order valence-corrected chi connectivity index (χ2v) is 25.5. The Bertz CT molecular complexity index is 4020. The van der Waals surface area contributed by atoms with Crippen molar-refractivity contribution in [1.29, 1.82) is 0 Å². The lowest BCUT2D eigenvalue weighted by molar-refractivity contribution is -0.0467. The molecule has 502 valence electrons. The van der Waals surface area contributed by atoms with Gasteiger partial charge in [0.05, 0.1) is 45.5 Å². The van der Waals surface area contributed by atoms with Crippen LogP contribution in [-0.4, -0.2) is 156 Å². The minimum atomic E-state index is -4.86. The van der Waals surface area contributed by atoms with Crippen LogP contribution in [0.1, 0.15) is 86.7 Å². The van der Waals surface area contributed by atoms with Crippen LogP contribution in [0.3, 0.4) is 0 Å². The third-order valence-corrected chi connectivity index (χ3v) is 17.4. The molecule has 2 fully saturated rings. The number of aliphatic hydroxyl groups excluding tert-OH is 2. The Balaban J connectivity index is 0.671. The van der Waals surface area contributed by atoms with Gasteiger partial charge in [-0.3, -0.25) is 55.6 Å². The summed E-state index contributed by atoms with van der Waals surface area (Å²) in [4.78, 5) is 95.4. The number of aromatic amines is 1. The Morgan fingerprint density at radius 2 is 1.13 bits per heavy atom. The molecule has 3 aromatic heterocycles. The summed E-state index contributed by atoms with van der Waals surface area (Å²) in [6.45, 7) is -0.488. The highest BCUT2D eigenvalue weighted by atomic mass is 31.2. The average molecular weight is 1360 g/mol. The van der Waals surface area contributed by atoms with Crippen LogP contribution < -0.4 is 37.1 Å². The van der Waals surface area contributed by atoms with Crippen molar-refractivity contribution in [3.05, 3.63) is 176 Å². The maximum atomic E-state index is 13.4. The van der Waals surface area contributed by atoms with E-state index in [0.717, 1.165) is 26.8 Å². The number of ether oxygens (including phenoxy) is 4. The van der Waals surface area contributed by atoms with Gasteiger partial charge in [0.1, 0.15) is 67.3 Å². The zero-order valence-electron chi connectivity index (χ0n) is 50.5. The molecule has 34 heteroatoms. The molecular weight excluding hydrogens is 1290 g/mol. The second kappa shape index (κ2) is 33.0. The zero-order chi connectivity index (χ0) is 66.8. The number of rotatable bonds is 34. The first-order valence-electron chi connectivity index (χ1n) is 29.4. The number of aromatic nitrogens is 6. The van der Waals surface area contributed by atoms with Crippen LogP contribution in [0.15, 0.2) is 126 Å². The molecule has 5 heterocycles. The smallest absolute Gasteiger partial charge is 0.472 e. The molecule has 31 nitrogen and oxygen atoms in total. The maximum absolute atomic E-state index is 13.4. The first kappa shape index (κ1) is 70.4. The molecule has 10 N–H and O–H groups in total. The van der Waals surface area contributed by atoms with Crippen molar-refractivity contribution in [3.8, 4) is 11.5 Å². The zero-order valence-corrected chi connectivity index (χ0v) is 53.2. The number of anilines is 1. The van der Waals surface area contributed by atoms with Gasteiger partial charge in [0, 0.05) is 55.4 Å². The van der Waals surface area contributed by atoms with E-state index in [9.17, 15) is 52.7 Å². The summed E-state index contributed by atoms with van der Waals surface area (Å²) >= 11 is 0. The van der Waals surface area contributed by atoms with Crippen LogP contribution in [-0.2, 0) is 50.3 Å². The number of benzene rings is 4. The van der Waals surface area contributed by atoms with E-state index < -0.39 is 91.4 Å². The van der Waals surface area contributed by atoms with Crippen molar-refractivity contribution in [1.82, 2.24) is 39.7 Å². The molecule has 2 amide bonds. The number of imidazole rings is 1. The van der Waals surface area contributed by atoms with E-state index in [-0.39, 0.29) is 93.2 Å². The Labute approximate surface area is 536 Å². The molecule has 9 atom stereocenters. The molecule has 0 aliphatic carbocycles. The molecule has 3 unspecified atom stereocenters. The number of nitrogen functional groups attached to an aromatic ring is 1. The van der Waals surface area contributed by atoms with Crippen LogP contribution in [0.25, 0.3) is 35.5 Å². The number of aryl methyl sites for hydroxylation is 1. The number of carbonyl (C=O) groups is 2. The van der Waals surface area contributed by atoms with E-state index in [1.165, 1.54) is 30.3 Å². The van der Waals surface area contributed by atoms with Gasteiger partial charge in [-0.25, -0.2) is 33.4 Å². The number of fused-ring (bicyclic) bond motifs is 1. The van der Waals surface area contributed by atoms with Crippen molar-refractivity contribution >= 4 is 76.6 Å². The molecule has 0 bridgehead atoms. The van der Waals surface area contributed by atoms with Gasteiger partial charge < -0.3 is 60.2 Å². The number of carbonyl (C=O) groups excluding carboxylic acids is 2. The summed E-state index contributed by atoms with van der Waals surface area (Å²) in [7, 11) is -14.2. The van der Waals surface area contributed by atoms with E-state index in [1.807, 2.05) is 24.3 Å². The highest BCUT2D eigenvalue weighted by Gasteiger charge is 2.44. The van der Waals surface area contributed by atoms with Gasteiger partial charge in [0.15, 0.2) is 11.5 Å². The lowest BCUT2D eigenvalue weighted by atomic mass is 10.1. The number of hydrogen-bond donors (Lipinski definition) is 9.